The van der Waals surface area contributed by atoms with Crippen LogP contribution in [0.15, 0.2) is 42.5 Å². The fourth-order valence-corrected chi connectivity index (χ4v) is 2.50. The summed E-state index contributed by atoms with van der Waals surface area (Å²) in [6.45, 7) is 1.83. The van der Waals surface area contributed by atoms with Gasteiger partial charge in [0.1, 0.15) is 5.82 Å². The number of H-pyrrole nitrogens is 1. The number of aliphatic hydroxyl groups excluding tert-OH is 1. The van der Waals surface area contributed by atoms with Crippen LogP contribution in [0.1, 0.15) is 6.92 Å². The van der Waals surface area contributed by atoms with Crippen LogP contribution in [0.4, 0.5) is 10.1 Å². The number of aromatic amines is 1. The number of carbonyl (C=O) groups excluding carboxylic acids is 1. The minimum Gasteiger partial charge on any atom is -0.392 e. The molecule has 0 aliphatic rings. The van der Waals surface area contributed by atoms with Crippen molar-refractivity contribution in [3.63, 3.8) is 0 Å². The molecule has 5 nitrogen and oxygen atoms in total. The molecule has 2 N–H and O–H groups in total. The molecule has 0 saturated heterocycles. The van der Waals surface area contributed by atoms with Crippen LogP contribution in [0.3, 0.4) is 0 Å². The molecule has 0 aliphatic carbocycles. The van der Waals surface area contributed by atoms with E-state index in [2.05, 4.69) is 10.2 Å². The number of nitrogens with zero attached hydrogens (tertiary/aromatic N) is 2. The molecule has 1 amide bonds. The van der Waals surface area contributed by atoms with E-state index in [4.69, 9.17) is 0 Å². The minimum atomic E-state index is -0.628. The van der Waals surface area contributed by atoms with Crippen molar-refractivity contribution in [1.82, 2.24) is 10.2 Å². The van der Waals surface area contributed by atoms with E-state index >= 15 is 0 Å². The molecular formula is C17H16FN3O2. The van der Waals surface area contributed by atoms with Crippen molar-refractivity contribution in [3.05, 3.63) is 48.3 Å². The Morgan fingerprint density at radius 1 is 1.30 bits per heavy atom. The summed E-state index contributed by atoms with van der Waals surface area (Å²) in [5.41, 5.74) is 2.95. The predicted octanol–water partition coefficient (Wildman–Crippen LogP) is 2.71. The molecule has 0 radical (unpaired) electrons. The lowest BCUT2D eigenvalue weighted by molar-refractivity contribution is -0.107. The van der Waals surface area contributed by atoms with Gasteiger partial charge in [-0.3, -0.25) is 9.89 Å². The fourth-order valence-electron chi connectivity index (χ4n) is 2.50. The average molecular weight is 313 g/mol. The standard InChI is InChI=1S/C17H16FN3O2/c1-11(23)9-21(10-22)14-6-7-16-15(8-14)17(20-19-16)12-2-4-13(18)5-3-12/h2-8,10-11,23H,9H2,1H3,(H,19,20). The first-order valence-corrected chi connectivity index (χ1v) is 7.22. The van der Waals surface area contributed by atoms with Gasteiger partial charge in [0.05, 0.1) is 23.9 Å². The lowest BCUT2D eigenvalue weighted by atomic mass is 10.1. The van der Waals surface area contributed by atoms with Gasteiger partial charge in [-0.05, 0) is 49.4 Å². The van der Waals surface area contributed by atoms with Crippen molar-refractivity contribution in [2.75, 3.05) is 11.4 Å². The molecule has 6 heteroatoms. The number of fused-ring (bicyclic) bond motifs is 1. The van der Waals surface area contributed by atoms with Gasteiger partial charge >= 0.3 is 0 Å². The smallest absolute Gasteiger partial charge is 0.214 e. The van der Waals surface area contributed by atoms with Crippen LogP contribution in [0, 0.1) is 5.82 Å². The van der Waals surface area contributed by atoms with E-state index in [1.165, 1.54) is 17.0 Å². The number of halogens is 1. The van der Waals surface area contributed by atoms with Gasteiger partial charge in [0.15, 0.2) is 0 Å². The topological polar surface area (TPSA) is 69.2 Å². The summed E-state index contributed by atoms with van der Waals surface area (Å²) in [6.07, 6.45) is 0.0581. The molecule has 1 unspecified atom stereocenters. The highest BCUT2D eigenvalue weighted by Crippen LogP contribution is 2.29. The summed E-state index contributed by atoms with van der Waals surface area (Å²) in [5, 5.41) is 17.5. The van der Waals surface area contributed by atoms with Gasteiger partial charge in [0, 0.05) is 16.6 Å². The maximum atomic E-state index is 13.1. The van der Waals surface area contributed by atoms with Crippen molar-refractivity contribution in [3.8, 4) is 11.3 Å². The summed E-state index contributed by atoms with van der Waals surface area (Å²) >= 11 is 0. The van der Waals surface area contributed by atoms with Gasteiger partial charge < -0.3 is 10.0 Å². The van der Waals surface area contributed by atoms with E-state index in [1.54, 1.807) is 25.1 Å². The van der Waals surface area contributed by atoms with Crippen molar-refractivity contribution in [2.45, 2.75) is 13.0 Å². The fraction of sp³-hybridized carbons (Fsp3) is 0.176. The third kappa shape index (κ3) is 3.07. The number of aromatic nitrogens is 2. The number of anilines is 1. The summed E-state index contributed by atoms with van der Waals surface area (Å²) < 4.78 is 13.1. The second-order valence-corrected chi connectivity index (χ2v) is 5.42. The number of hydrogen-bond acceptors (Lipinski definition) is 3. The Hall–Kier alpha value is -2.73. The maximum Gasteiger partial charge on any atom is 0.214 e. The van der Waals surface area contributed by atoms with Crippen LogP contribution in [0.25, 0.3) is 22.2 Å². The quantitative estimate of drug-likeness (QED) is 0.712. The highest BCUT2D eigenvalue weighted by Gasteiger charge is 2.13. The molecule has 0 spiro atoms. The first kappa shape index (κ1) is 15.2. The monoisotopic (exact) mass is 313 g/mol. The molecule has 0 fully saturated rings. The molecule has 1 aromatic heterocycles. The zero-order valence-electron chi connectivity index (χ0n) is 12.5. The van der Waals surface area contributed by atoms with Gasteiger partial charge in [-0.1, -0.05) is 0 Å². The Labute approximate surface area is 132 Å². The van der Waals surface area contributed by atoms with Gasteiger partial charge in [0.2, 0.25) is 6.41 Å². The average Bonchev–Trinajstić information content (AvgIpc) is 2.96. The number of amides is 1. The van der Waals surface area contributed by atoms with E-state index in [9.17, 15) is 14.3 Å². The number of carbonyl (C=O) groups is 1. The largest absolute Gasteiger partial charge is 0.392 e. The number of nitrogens with one attached hydrogen (secondary N) is 1. The third-order valence-corrected chi connectivity index (χ3v) is 3.58. The summed E-state index contributed by atoms with van der Waals surface area (Å²) in [7, 11) is 0. The molecule has 1 atom stereocenters. The molecule has 2 aromatic carbocycles. The van der Waals surface area contributed by atoms with Gasteiger partial charge in [-0.2, -0.15) is 5.10 Å². The van der Waals surface area contributed by atoms with E-state index in [0.29, 0.717) is 17.8 Å². The second-order valence-electron chi connectivity index (χ2n) is 5.42. The zero-order chi connectivity index (χ0) is 16.4. The SMILES string of the molecule is CC(O)CN(C=O)c1ccc2[nH]nc(-c3ccc(F)cc3)c2c1. The number of hydrogen-bond donors (Lipinski definition) is 2. The lowest BCUT2D eigenvalue weighted by Gasteiger charge is -2.19. The molecule has 23 heavy (non-hydrogen) atoms. The zero-order valence-corrected chi connectivity index (χ0v) is 12.5. The number of aliphatic hydroxyl groups is 1. The number of rotatable bonds is 5. The van der Waals surface area contributed by atoms with Crippen LogP contribution < -0.4 is 4.90 Å². The molecule has 0 bridgehead atoms. The Balaban J connectivity index is 2.06. The lowest BCUT2D eigenvalue weighted by Crippen LogP contribution is -2.29. The molecule has 3 rings (SSSR count). The van der Waals surface area contributed by atoms with Crippen LogP contribution in [0.2, 0.25) is 0 Å². The van der Waals surface area contributed by atoms with E-state index in [0.717, 1.165) is 16.5 Å². The van der Waals surface area contributed by atoms with Crippen molar-refractivity contribution >= 4 is 23.0 Å². The molecule has 1 heterocycles. The first-order valence-electron chi connectivity index (χ1n) is 7.22. The Morgan fingerprint density at radius 2 is 2.04 bits per heavy atom. The van der Waals surface area contributed by atoms with Crippen molar-refractivity contribution in [1.29, 1.82) is 0 Å². The molecule has 3 aromatic rings. The van der Waals surface area contributed by atoms with Crippen molar-refractivity contribution in [2.24, 2.45) is 0 Å². The van der Waals surface area contributed by atoms with Crippen LogP contribution >= 0.6 is 0 Å². The number of benzene rings is 2. The predicted molar refractivity (Wildman–Crippen MR) is 86.6 cm³/mol. The van der Waals surface area contributed by atoms with Crippen LogP contribution in [-0.2, 0) is 4.79 Å². The highest BCUT2D eigenvalue weighted by molar-refractivity contribution is 5.96. The normalized spacial score (nSPS) is 12.3. The first-order chi connectivity index (χ1) is 11.1. The van der Waals surface area contributed by atoms with Crippen molar-refractivity contribution < 1.29 is 14.3 Å². The van der Waals surface area contributed by atoms with E-state index < -0.39 is 6.10 Å². The Morgan fingerprint density at radius 3 is 2.70 bits per heavy atom. The molecule has 118 valence electrons. The summed E-state index contributed by atoms with van der Waals surface area (Å²) in [6, 6.07) is 11.5. The van der Waals surface area contributed by atoms with E-state index in [1.807, 2.05) is 12.1 Å². The Bertz CT molecular complexity index is 827. The third-order valence-electron chi connectivity index (χ3n) is 3.58. The second kappa shape index (κ2) is 6.18. The van der Waals surface area contributed by atoms with Gasteiger partial charge in [0.25, 0.3) is 0 Å². The molecule has 0 saturated carbocycles. The van der Waals surface area contributed by atoms with Gasteiger partial charge in [-0.15, -0.1) is 0 Å². The maximum absolute atomic E-state index is 13.1. The molecule has 0 aliphatic heterocycles. The molecular weight excluding hydrogens is 297 g/mol. The van der Waals surface area contributed by atoms with E-state index in [-0.39, 0.29) is 12.4 Å². The summed E-state index contributed by atoms with van der Waals surface area (Å²) in [5.74, 6) is -0.307. The minimum absolute atomic E-state index is 0.207. The summed E-state index contributed by atoms with van der Waals surface area (Å²) in [4.78, 5) is 12.7. The van der Waals surface area contributed by atoms with Gasteiger partial charge in [-0.25, -0.2) is 4.39 Å². The van der Waals surface area contributed by atoms with Crippen LogP contribution in [0.5, 0.6) is 0 Å². The Kier molecular flexibility index (Phi) is 4.08. The highest BCUT2D eigenvalue weighted by atomic mass is 19.1. The van der Waals surface area contributed by atoms with Crippen LogP contribution in [-0.4, -0.2) is 34.4 Å².